The Balaban J connectivity index is 1.79. The van der Waals surface area contributed by atoms with Crippen LogP contribution in [0.15, 0.2) is 36.5 Å². The third-order valence-corrected chi connectivity index (χ3v) is 11.6. The van der Waals surface area contributed by atoms with E-state index in [1.807, 2.05) is 0 Å². The maximum Gasteiger partial charge on any atom is 0.306 e. The Morgan fingerprint density at radius 1 is 0.524 bits per heavy atom. The molecule has 14 heteroatoms. The van der Waals surface area contributed by atoms with Crippen LogP contribution < -0.4 is 0 Å². The molecule has 2 aliphatic rings. The summed E-state index contributed by atoms with van der Waals surface area (Å²) in [7, 11) is 0. The molecule has 2 heterocycles. The van der Waals surface area contributed by atoms with Crippen LogP contribution in [0.4, 0.5) is 0 Å². The van der Waals surface area contributed by atoms with E-state index in [1.54, 1.807) is 0 Å². The molecule has 11 atom stereocenters. The van der Waals surface area contributed by atoms with Crippen LogP contribution in [0.1, 0.15) is 168 Å². The molecule has 0 spiro atoms. The van der Waals surface area contributed by atoms with Gasteiger partial charge >= 0.3 is 5.97 Å². The van der Waals surface area contributed by atoms with Gasteiger partial charge in [0.1, 0.15) is 54.9 Å². The van der Waals surface area contributed by atoms with Crippen molar-refractivity contribution in [3.05, 3.63) is 36.5 Å². The Morgan fingerprint density at radius 3 is 1.59 bits per heavy atom. The molecular formula is C49H88O14. The predicted molar refractivity (Wildman–Crippen MR) is 243 cm³/mol. The molecule has 63 heavy (non-hydrogen) atoms. The first kappa shape index (κ1) is 57.3. The van der Waals surface area contributed by atoms with Gasteiger partial charge in [0.05, 0.1) is 26.4 Å². The molecule has 7 N–H and O–H groups in total. The third-order valence-electron chi connectivity index (χ3n) is 11.6. The van der Waals surface area contributed by atoms with Gasteiger partial charge in [0, 0.05) is 13.0 Å². The molecule has 368 valence electrons. The van der Waals surface area contributed by atoms with Gasteiger partial charge in [-0.3, -0.25) is 4.79 Å². The molecule has 2 fully saturated rings. The molecule has 2 rings (SSSR count). The van der Waals surface area contributed by atoms with Crippen LogP contribution in [0, 0.1) is 0 Å². The maximum atomic E-state index is 13.0. The van der Waals surface area contributed by atoms with Crippen molar-refractivity contribution in [2.45, 2.75) is 235 Å². The van der Waals surface area contributed by atoms with Crippen molar-refractivity contribution in [2.24, 2.45) is 0 Å². The Morgan fingerprint density at radius 2 is 1.00 bits per heavy atom. The molecule has 0 amide bonds. The molecule has 2 aliphatic heterocycles. The Bertz CT molecular complexity index is 1180. The molecule has 0 saturated carbocycles. The summed E-state index contributed by atoms with van der Waals surface area (Å²) in [6.45, 7) is 3.59. The lowest BCUT2D eigenvalue weighted by atomic mass is 9.98. The number of aliphatic hydroxyl groups excluding tert-OH is 7. The SMILES string of the molecule is CCCC/C=C\CCCCCCCCOCC(COC1OC(COC2OC(CO)C(O)C(O)C2O)C(O)C(O)C1O)OC(=O)CCCCCCCCC/C=C\C/C=C\CCCCC. The Labute approximate surface area is 379 Å². The predicted octanol–water partition coefficient (Wildman–Crippen LogP) is 6.63. The van der Waals surface area contributed by atoms with Crippen molar-refractivity contribution < 1.29 is 69.0 Å². The summed E-state index contributed by atoms with van der Waals surface area (Å²) < 4.78 is 34.2. The lowest BCUT2D eigenvalue weighted by Gasteiger charge is -2.42. The summed E-state index contributed by atoms with van der Waals surface area (Å²) in [6.07, 6.45) is 23.5. The first-order valence-electron chi connectivity index (χ1n) is 24.6. The molecule has 0 radical (unpaired) electrons. The zero-order valence-corrected chi connectivity index (χ0v) is 38.8. The van der Waals surface area contributed by atoms with Gasteiger partial charge in [-0.1, -0.05) is 134 Å². The summed E-state index contributed by atoms with van der Waals surface area (Å²) in [5.41, 5.74) is 0. The van der Waals surface area contributed by atoms with E-state index in [-0.39, 0.29) is 25.6 Å². The van der Waals surface area contributed by atoms with E-state index in [0.717, 1.165) is 64.2 Å². The summed E-state index contributed by atoms with van der Waals surface area (Å²) >= 11 is 0. The van der Waals surface area contributed by atoms with Crippen molar-refractivity contribution in [1.82, 2.24) is 0 Å². The monoisotopic (exact) mass is 901 g/mol. The van der Waals surface area contributed by atoms with Crippen molar-refractivity contribution in [2.75, 3.05) is 33.0 Å². The van der Waals surface area contributed by atoms with Crippen molar-refractivity contribution in [3.8, 4) is 0 Å². The number of carbonyl (C=O) groups excluding carboxylic acids is 1. The molecule has 14 nitrogen and oxygen atoms in total. The molecule has 0 aliphatic carbocycles. The second-order valence-electron chi connectivity index (χ2n) is 17.3. The highest BCUT2D eigenvalue weighted by Gasteiger charge is 2.47. The molecule has 0 aromatic rings. The first-order chi connectivity index (χ1) is 30.6. The van der Waals surface area contributed by atoms with Crippen LogP contribution in [-0.2, 0) is 33.2 Å². The summed E-state index contributed by atoms with van der Waals surface area (Å²) in [5.74, 6) is -0.388. The first-order valence-corrected chi connectivity index (χ1v) is 24.6. The van der Waals surface area contributed by atoms with E-state index in [2.05, 4.69) is 50.3 Å². The van der Waals surface area contributed by atoms with Crippen LogP contribution in [0.25, 0.3) is 0 Å². The second-order valence-corrected chi connectivity index (χ2v) is 17.3. The molecule has 0 aromatic heterocycles. The van der Waals surface area contributed by atoms with Gasteiger partial charge < -0.3 is 64.2 Å². The Hall–Kier alpha value is -1.79. The number of aliphatic hydroxyl groups is 7. The number of hydrogen-bond donors (Lipinski definition) is 7. The molecular weight excluding hydrogens is 813 g/mol. The largest absolute Gasteiger partial charge is 0.457 e. The van der Waals surface area contributed by atoms with Crippen LogP contribution >= 0.6 is 0 Å². The van der Waals surface area contributed by atoms with Gasteiger partial charge in [0.25, 0.3) is 0 Å². The highest BCUT2D eigenvalue weighted by Crippen LogP contribution is 2.26. The standard InChI is InChI=1S/C49H88O14/c1-3-5-7-9-11-13-15-17-18-19-20-21-22-24-26-28-30-32-41(51)61-38(35-58-33-31-29-27-25-23-16-14-12-10-8-6-4-2)36-59-48-47(57)45(55)43(53)40(63-48)37-60-49-46(56)44(54)42(52)39(34-50)62-49/h10-13,17-18,38-40,42-50,52-57H,3-9,14-16,19-37H2,1-2H3/b12-10-,13-11-,18-17-. The minimum absolute atomic E-state index is 0.0543. The maximum absolute atomic E-state index is 13.0. The highest BCUT2D eigenvalue weighted by atomic mass is 16.7. The van der Waals surface area contributed by atoms with Gasteiger partial charge in [-0.05, 0) is 64.2 Å². The number of hydrogen-bond acceptors (Lipinski definition) is 14. The van der Waals surface area contributed by atoms with Gasteiger partial charge in [-0.2, -0.15) is 0 Å². The van der Waals surface area contributed by atoms with E-state index in [0.29, 0.717) is 13.0 Å². The van der Waals surface area contributed by atoms with E-state index < -0.39 is 80.7 Å². The summed E-state index contributed by atoms with van der Waals surface area (Å²) in [6, 6.07) is 0. The average molecular weight is 901 g/mol. The van der Waals surface area contributed by atoms with Crippen molar-refractivity contribution in [3.63, 3.8) is 0 Å². The second kappa shape index (κ2) is 37.3. The normalized spacial score (nSPS) is 27.3. The van der Waals surface area contributed by atoms with E-state index in [4.69, 9.17) is 28.4 Å². The zero-order chi connectivity index (χ0) is 45.9. The van der Waals surface area contributed by atoms with Crippen LogP contribution in [-0.4, -0.2) is 142 Å². The summed E-state index contributed by atoms with van der Waals surface area (Å²) in [5, 5.41) is 72.0. The molecule has 0 aromatic carbocycles. The van der Waals surface area contributed by atoms with Crippen LogP contribution in [0.5, 0.6) is 0 Å². The highest BCUT2D eigenvalue weighted by molar-refractivity contribution is 5.69. The van der Waals surface area contributed by atoms with Crippen molar-refractivity contribution >= 4 is 5.97 Å². The average Bonchev–Trinajstić information content (AvgIpc) is 3.28. The Kier molecular flexibility index (Phi) is 34.0. The van der Waals surface area contributed by atoms with Crippen molar-refractivity contribution in [1.29, 1.82) is 0 Å². The van der Waals surface area contributed by atoms with Gasteiger partial charge in [0.2, 0.25) is 0 Å². The number of esters is 1. The van der Waals surface area contributed by atoms with Gasteiger partial charge in [-0.25, -0.2) is 0 Å². The zero-order valence-electron chi connectivity index (χ0n) is 38.8. The van der Waals surface area contributed by atoms with Crippen LogP contribution in [0.3, 0.4) is 0 Å². The smallest absolute Gasteiger partial charge is 0.306 e. The van der Waals surface area contributed by atoms with Crippen LogP contribution in [0.2, 0.25) is 0 Å². The minimum atomic E-state index is -1.71. The quantitative estimate of drug-likeness (QED) is 0.0197. The third kappa shape index (κ3) is 25.6. The number of carbonyl (C=O) groups is 1. The number of allylic oxidation sites excluding steroid dienone is 6. The number of rotatable bonds is 38. The summed E-state index contributed by atoms with van der Waals surface area (Å²) in [4.78, 5) is 13.0. The lowest BCUT2D eigenvalue weighted by molar-refractivity contribution is -0.332. The fraction of sp³-hybridized carbons (Fsp3) is 0.857. The van der Waals surface area contributed by atoms with E-state index in [1.165, 1.54) is 77.0 Å². The number of unbranched alkanes of at least 4 members (excludes halogenated alkanes) is 18. The fourth-order valence-corrected chi connectivity index (χ4v) is 7.53. The minimum Gasteiger partial charge on any atom is -0.457 e. The molecule has 11 unspecified atom stereocenters. The fourth-order valence-electron chi connectivity index (χ4n) is 7.53. The molecule has 0 bridgehead atoms. The number of ether oxygens (including phenoxy) is 6. The van der Waals surface area contributed by atoms with E-state index in [9.17, 15) is 40.5 Å². The lowest BCUT2D eigenvalue weighted by Crippen LogP contribution is -2.61. The van der Waals surface area contributed by atoms with Gasteiger partial charge in [-0.15, -0.1) is 0 Å². The topological polar surface area (TPSA) is 214 Å². The van der Waals surface area contributed by atoms with E-state index >= 15 is 0 Å². The van der Waals surface area contributed by atoms with Gasteiger partial charge in [0.15, 0.2) is 12.6 Å². The molecule has 2 saturated heterocycles.